The number of ether oxygens (including phenoxy) is 1. The van der Waals surface area contributed by atoms with Crippen molar-refractivity contribution in [1.82, 2.24) is 4.90 Å². The molecule has 0 amide bonds. The number of anilines is 1. The summed E-state index contributed by atoms with van der Waals surface area (Å²) >= 11 is 3.53. The van der Waals surface area contributed by atoms with E-state index in [1.54, 1.807) is 7.11 Å². The van der Waals surface area contributed by atoms with Crippen molar-refractivity contribution in [3.8, 4) is 0 Å². The maximum atomic E-state index is 5.70. The van der Waals surface area contributed by atoms with Crippen molar-refractivity contribution in [3.63, 3.8) is 0 Å². The minimum absolute atomic E-state index is 0.790. The smallest absolute Gasteiger partial charge is 0.0474 e. The van der Waals surface area contributed by atoms with Crippen LogP contribution in [0.15, 0.2) is 22.7 Å². The van der Waals surface area contributed by atoms with Crippen LogP contribution >= 0.6 is 15.9 Å². The molecular weight excluding hydrogens is 268 g/mol. The molecule has 0 bridgehead atoms. The summed E-state index contributed by atoms with van der Waals surface area (Å²) in [5.74, 6) is 0. The van der Waals surface area contributed by atoms with Crippen molar-refractivity contribution >= 4 is 21.6 Å². The lowest BCUT2D eigenvalue weighted by Crippen LogP contribution is -2.20. The molecule has 4 heteroatoms. The highest BCUT2D eigenvalue weighted by Gasteiger charge is 2.04. The van der Waals surface area contributed by atoms with E-state index < -0.39 is 0 Å². The Bertz CT molecular complexity index is 331. The summed E-state index contributed by atoms with van der Waals surface area (Å²) in [7, 11) is 3.84. The molecule has 0 radical (unpaired) electrons. The van der Waals surface area contributed by atoms with Gasteiger partial charge in [0.05, 0.1) is 0 Å². The summed E-state index contributed by atoms with van der Waals surface area (Å²) in [6, 6.07) is 5.94. The predicted molar refractivity (Wildman–Crippen MR) is 71.4 cm³/mol. The summed E-state index contributed by atoms with van der Waals surface area (Å²) < 4.78 is 6.10. The average Bonchev–Trinajstić information content (AvgIpc) is 2.23. The summed E-state index contributed by atoms with van der Waals surface area (Å²) in [5, 5.41) is 0. The van der Waals surface area contributed by atoms with Crippen LogP contribution in [-0.4, -0.2) is 32.2 Å². The molecular formula is C12H19BrN2O. The molecule has 90 valence electrons. The molecule has 1 aromatic carbocycles. The molecule has 0 aliphatic heterocycles. The van der Waals surface area contributed by atoms with E-state index >= 15 is 0 Å². The second kappa shape index (κ2) is 6.89. The van der Waals surface area contributed by atoms with Crippen LogP contribution in [-0.2, 0) is 11.3 Å². The van der Waals surface area contributed by atoms with Gasteiger partial charge in [-0.25, -0.2) is 0 Å². The minimum atomic E-state index is 0.790. The Morgan fingerprint density at radius 2 is 2.19 bits per heavy atom. The largest absolute Gasteiger partial charge is 0.399 e. The molecule has 0 aromatic heterocycles. The van der Waals surface area contributed by atoms with Crippen molar-refractivity contribution < 1.29 is 4.74 Å². The predicted octanol–water partition coefficient (Wildman–Crippen LogP) is 2.50. The Labute approximate surface area is 106 Å². The number of nitrogens with zero attached hydrogens (tertiary/aromatic N) is 1. The fourth-order valence-electron chi connectivity index (χ4n) is 1.54. The lowest BCUT2D eigenvalue weighted by Gasteiger charge is -2.17. The summed E-state index contributed by atoms with van der Waals surface area (Å²) in [4.78, 5) is 2.27. The SMILES string of the molecule is COCCCN(C)Cc1ccc(N)cc1Br. The van der Waals surface area contributed by atoms with Gasteiger partial charge in [0.1, 0.15) is 0 Å². The Morgan fingerprint density at radius 3 is 2.81 bits per heavy atom. The van der Waals surface area contributed by atoms with E-state index in [1.165, 1.54) is 5.56 Å². The van der Waals surface area contributed by atoms with Crippen LogP contribution in [0.3, 0.4) is 0 Å². The number of rotatable bonds is 6. The second-order valence-corrected chi connectivity index (χ2v) is 4.79. The van der Waals surface area contributed by atoms with Gasteiger partial charge in [0, 0.05) is 37.0 Å². The van der Waals surface area contributed by atoms with Crippen molar-refractivity contribution in [2.24, 2.45) is 0 Å². The molecule has 0 unspecified atom stereocenters. The number of hydrogen-bond donors (Lipinski definition) is 1. The van der Waals surface area contributed by atoms with Gasteiger partial charge in [-0.3, -0.25) is 0 Å². The fourth-order valence-corrected chi connectivity index (χ4v) is 2.06. The standard InChI is InChI=1S/C12H19BrN2O/c1-15(6-3-7-16-2)9-10-4-5-11(14)8-12(10)13/h4-5,8H,3,6-7,9,14H2,1-2H3. The molecule has 16 heavy (non-hydrogen) atoms. The number of benzene rings is 1. The van der Waals surface area contributed by atoms with Gasteiger partial charge in [-0.1, -0.05) is 22.0 Å². The van der Waals surface area contributed by atoms with Crippen molar-refractivity contribution in [2.45, 2.75) is 13.0 Å². The van der Waals surface area contributed by atoms with Gasteiger partial charge in [0.25, 0.3) is 0 Å². The van der Waals surface area contributed by atoms with Crippen LogP contribution in [0, 0.1) is 0 Å². The molecule has 0 heterocycles. The molecule has 0 saturated heterocycles. The summed E-state index contributed by atoms with van der Waals surface area (Å²) in [5.41, 5.74) is 7.74. The van der Waals surface area contributed by atoms with Crippen LogP contribution in [0.4, 0.5) is 5.69 Å². The normalized spacial score (nSPS) is 11.0. The third kappa shape index (κ3) is 4.51. The first-order chi connectivity index (χ1) is 7.63. The highest BCUT2D eigenvalue weighted by Crippen LogP contribution is 2.20. The topological polar surface area (TPSA) is 38.5 Å². The molecule has 0 fully saturated rings. The Kier molecular flexibility index (Phi) is 5.80. The van der Waals surface area contributed by atoms with Gasteiger partial charge >= 0.3 is 0 Å². The molecule has 1 aromatic rings. The first-order valence-electron chi connectivity index (χ1n) is 5.35. The van der Waals surface area contributed by atoms with Crippen LogP contribution in [0.2, 0.25) is 0 Å². The molecule has 0 aliphatic carbocycles. The number of nitrogens with two attached hydrogens (primary N) is 1. The monoisotopic (exact) mass is 286 g/mol. The summed E-state index contributed by atoms with van der Waals surface area (Å²) in [6.07, 6.45) is 1.06. The summed E-state index contributed by atoms with van der Waals surface area (Å²) in [6.45, 7) is 2.77. The lowest BCUT2D eigenvalue weighted by atomic mass is 10.2. The Balaban J connectivity index is 2.46. The second-order valence-electron chi connectivity index (χ2n) is 3.93. The maximum Gasteiger partial charge on any atom is 0.0474 e. The first kappa shape index (κ1) is 13.5. The van der Waals surface area contributed by atoms with Gasteiger partial charge in [-0.05, 0) is 31.2 Å². The molecule has 0 atom stereocenters. The average molecular weight is 287 g/mol. The quantitative estimate of drug-likeness (QED) is 0.645. The van der Waals surface area contributed by atoms with Gasteiger partial charge in [0.15, 0.2) is 0 Å². The maximum absolute atomic E-state index is 5.70. The van der Waals surface area contributed by atoms with Gasteiger partial charge in [-0.15, -0.1) is 0 Å². The van der Waals surface area contributed by atoms with E-state index in [-0.39, 0.29) is 0 Å². The van der Waals surface area contributed by atoms with E-state index in [0.29, 0.717) is 0 Å². The third-order valence-electron chi connectivity index (χ3n) is 2.41. The molecule has 2 N–H and O–H groups in total. The van der Waals surface area contributed by atoms with Crippen LogP contribution in [0.5, 0.6) is 0 Å². The van der Waals surface area contributed by atoms with Crippen LogP contribution < -0.4 is 5.73 Å². The molecule has 3 nitrogen and oxygen atoms in total. The highest BCUT2D eigenvalue weighted by atomic mass is 79.9. The Hall–Kier alpha value is -0.580. The number of halogens is 1. The fraction of sp³-hybridized carbons (Fsp3) is 0.500. The van der Waals surface area contributed by atoms with Gasteiger partial charge < -0.3 is 15.4 Å². The van der Waals surface area contributed by atoms with E-state index in [0.717, 1.165) is 36.3 Å². The minimum Gasteiger partial charge on any atom is -0.399 e. The van der Waals surface area contributed by atoms with Crippen molar-refractivity contribution in [3.05, 3.63) is 28.2 Å². The van der Waals surface area contributed by atoms with E-state index in [4.69, 9.17) is 10.5 Å². The molecule has 0 spiro atoms. The van der Waals surface area contributed by atoms with Crippen molar-refractivity contribution in [2.75, 3.05) is 33.0 Å². The van der Waals surface area contributed by atoms with Crippen molar-refractivity contribution in [1.29, 1.82) is 0 Å². The van der Waals surface area contributed by atoms with Gasteiger partial charge in [-0.2, -0.15) is 0 Å². The van der Waals surface area contributed by atoms with Crippen LogP contribution in [0.25, 0.3) is 0 Å². The third-order valence-corrected chi connectivity index (χ3v) is 3.14. The molecule has 0 aliphatic rings. The van der Waals surface area contributed by atoms with Crippen LogP contribution in [0.1, 0.15) is 12.0 Å². The van der Waals surface area contributed by atoms with Gasteiger partial charge in [0.2, 0.25) is 0 Å². The molecule has 1 rings (SSSR count). The zero-order valence-electron chi connectivity index (χ0n) is 9.87. The number of hydrogen-bond acceptors (Lipinski definition) is 3. The zero-order chi connectivity index (χ0) is 12.0. The van der Waals surface area contributed by atoms with E-state index in [1.807, 2.05) is 12.1 Å². The van der Waals surface area contributed by atoms with E-state index in [2.05, 4.69) is 33.9 Å². The van der Waals surface area contributed by atoms with E-state index in [9.17, 15) is 0 Å². The first-order valence-corrected chi connectivity index (χ1v) is 6.14. The number of nitrogen functional groups attached to an aromatic ring is 1. The molecule has 0 saturated carbocycles. The highest BCUT2D eigenvalue weighted by molar-refractivity contribution is 9.10. The zero-order valence-corrected chi connectivity index (χ0v) is 11.5. The Morgan fingerprint density at radius 1 is 1.44 bits per heavy atom. The lowest BCUT2D eigenvalue weighted by molar-refractivity contribution is 0.178. The number of methoxy groups -OCH3 is 1.